The van der Waals surface area contributed by atoms with E-state index in [1.54, 1.807) is 0 Å². The Labute approximate surface area is 251 Å². The third kappa shape index (κ3) is 3.84. The minimum atomic E-state index is 0.739. The van der Waals surface area contributed by atoms with Crippen LogP contribution in [0.4, 0.5) is 0 Å². The molecule has 0 fully saturated rings. The van der Waals surface area contributed by atoms with E-state index >= 15 is 0 Å². The van der Waals surface area contributed by atoms with Crippen molar-refractivity contribution >= 4 is 64.1 Å². The smallest absolute Gasteiger partial charge is 0.160 e. The maximum absolute atomic E-state index is 5.14. The van der Waals surface area contributed by atoms with Crippen molar-refractivity contribution in [1.29, 1.82) is 0 Å². The molecule has 0 atom stereocenters. The van der Waals surface area contributed by atoms with E-state index in [1.807, 2.05) is 35.6 Å². The molecular formula is C39H23N3S. The highest BCUT2D eigenvalue weighted by molar-refractivity contribution is 7.26. The number of pyridine rings is 1. The van der Waals surface area contributed by atoms with Crippen LogP contribution in [0.2, 0.25) is 0 Å². The van der Waals surface area contributed by atoms with Crippen LogP contribution in [0, 0.1) is 0 Å². The van der Waals surface area contributed by atoms with Crippen LogP contribution < -0.4 is 0 Å². The monoisotopic (exact) mass is 565 g/mol. The van der Waals surface area contributed by atoms with Crippen molar-refractivity contribution in [2.75, 3.05) is 0 Å². The molecule has 4 heteroatoms. The van der Waals surface area contributed by atoms with Crippen LogP contribution in [0.3, 0.4) is 0 Å². The molecule has 0 aliphatic carbocycles. The average molecular weight is 566 g/mol. The van der Waals surface area contributed by atoms with Crippen molar-refractivity contribution in [2.45, 2.75) is 0 Å². The third-order valence-electron chi connectivity index (χ3n) is 8.26. The molecule has 0 spiro atoms. The van der Waals surface area contributed by atoms with E-state index in [9.17, 15) is 0 Å². The Hall–Kier alpha value is -5.45. The molecule has 0 aliphatic heterocycles. The molecule has 43 heavy (non-hydrogen) atoms. The highest BCUT2D eigenvalue weighted by Gasteiger charge is 2.17. The SMILES string of the molecule is c1ccc(-c2nc(-c3ccc4sc5c(ccc6c(-c7ccccc7)nc7ccccc7c65)c4c3)c3ccccc3n2)cc1. The molecule has 3 nitrogen and oxygen atoms in total. The van der Waals surface area contributed by atoms with E-state index in [0.717, 1.165) is 50.3 Å². The summed E-state index contributed by atoms with van der Waals surface area (Å²) in [6, 6.07) is 48.8. The molecular weight excluding hydrogens is 543 g/mol. The van der Waals surface area contributed by atoms with Gasteiger partial charge >= 0.3 is 0 Å². The van der Waals surface area contributed by atoms with E-state index in [2.05, 4.69) is 115 Å². The minimum absolute atomic E-state index is 0.739. The summed E-state index contributed by atoms with van der Waals surface area (Å²) in [6.45, 7) is 0. The molecule has 0 saturated carbocycles. The van der Waals surface area contributed by atoms with Crippen LogP contribution in [0.15, 0.2) is 140 Å². The quantitative estimate of drug-likeness (QED) is 0.200. The van der Waals surface area contributed by atoms with Crippen LogP contribution in [0.25, 0.3) is 86.7 Å². The highest BCUT2D eigenvalue weighted by atomic mass is 32.1. The lowest BCUT2D eigenvalue weighted by Gasteiger charge is -2.11. The first-order valence-corrected chi connectivity index (χ1v) is 15.2. The van der Waals surface area contributed by atoms with Crippen LogP contribution >= 0.6 is 11.3 Å². The summed E-state index contributed by atoms with van der Waals surface area (Å²) in [5.41, 5.74) is 7.17. The molecule has 0 aliphatic rings. The van der Waals surface area contributed by atoms with E-state index in [1.165, 1.54) is 36.3 Å². The summed E-state index contributed by atoms with van der Waals surface area (Å²) in [4.78, 5) is 15.2. The van der Waals surface area contributed by atoms with Gasteiger partial charge in [0.2, 0.25) is 0 Å². The minimum Gasteiger partial charge on any atom is -0.247 e. The maximum atomic E-state index is 5.14. The first kappa shape index (κ1) is 24.2. The first-order valence-electron chi connectivity index (χ1n) is 14.4. The maximum Gasteiger partial charge on any atom is 0.160 e. The van der Waals surface area contributed by atoms with Gasteiger partial charge < -0.3 is 0 Å². The molecule has 3 aromatic heterocycles. The fourth-order valence-electron chi connectivity index (χ4n) is 6.24. The van der Waals surface area contributed by atoms with Gasteiger partial charge in [-0.2, -0.15) is 0 Å². The van der Waals surface area contributed by atoms with Gasteiger partial charge in [-0.05, 0) is 24.3 Å². The fraction of sp³-hybridized carbons (Fsp3) is 0. The number of nitrogens with zero attached hydrogens (tertiary/aromatic N) is 3. The van der Waals surface area contributed by atoms with Gasteiger partial charge in [-0.1, -0.05) is 115 Å². The van der Waals surface area contributed by atoms with Crippen molar-refractivity contribution in [3.8, 4) is 33.9 Å². The second-order valence-corrected chi connectivity index (χ2v) is 11.9. The van der Waals surface area contributed by atoms with Crippen LogP contribution in [0.1, 0.15) is 0 Å². The molecule has 0 bridgehead atoms. The van der Waals surface area contributed by atoms with Gasteiger partial charge in [0.15, 0.2) is 5.82 Å². The first-order chi connectivity index (χ1) is 21.3. The van der Waals surface area contributed by atoms with Gasteiger partial charge in [0.1, 0.15) is 0 Å². The predicted octanol–water partition coefficient (Wildman–Crippen LogP) is 10.7. The highest BCUT2D eigenvalue weighted by Crippen LogP contribution is 2.44. The van der Waals surface area contributed by atoms with Crippen LogP contribution in [0.5, 0.6) is 0 Å². The fourth-order valence-corrected chi connectivity index (χ4v) is 7.49. The Kier molecular flexibility index (Phi) is 5.37. The molecule has 0 unspecified atom stereocenters. The van der Waals surface area contributed by atoms with Gasteiger partial charge in [0.05, 0.1) is 22.4 Å². The van der Waals surface area contributed by atoms with Crippen molar-refractivity contribution in [1.82, 2.24) is 15.0 Å². The Morgan fingerprint density at radius 2 is 1.02 bits per heavy atom. The lowest BCUT2D eigenvalue weighted by molar-refractivity contribution is 1.23. The zero-order valence-electron chi connectivity index (χ0n) is 23.0. The third-order valence-corrected chi connectivity index (χ3v) is 9.46. The number of hydrogen-bond donors (Lipinski definition) is 0. The van der Waals surface area contributed by atoms with Gasteiger partial charge in [0.25, 0.3) is 0 Å². The van der Waals surface area contributed by atoms with Gasteiger partial charge in [-0.15, -0.1) is 11.3 Å². The second kappa shape index (κ2) is 9.55. The summed E-state index contributed by atoms with van der Waals surface area (Å²) in [5.74, 6) is 0.739. The number of fused-ring (bicyclic) bond motifs is 8. The molecule has 6 aromatic carbocycles. The molecule has 200 valence electrons. The largest absolute Gasteiger partial charge is 0.247 e. The Morgan fingerprint density at radius 3 is 1.81 bits per heavy atom. The van der Waals surface area contributed by atoms with Gasteiger partial charge in [0, 0.05) is 58.4 Å². The molecule has 9 aromatic rings. The van der Waals surface area contributed by atoms with Crippen molar-refractivity contribution in [3.63, 3.8) is 0 Å². The van der Waals surface area contributed by atoms with Crippen LogP contribution in [-0.4, -0.2) is 15.0 Å². The van der Waals surface area contributed by atoms with E-state index in [-0.39, 0.29) is 0 Å². The van der Waals surface area contributed by atoms with E-state index < -0.39 is 0 Å². The number of hydrogen-bond acceptors (Lipinski definition) is 4. The Bertz CT molecular complexity index is 2500. The average Bonchev–Trinajstić information content (AvgIpc) is 3.46. The van der Waals surface area contributed by atoms with Crippen molar-refractivity contribution < 1.29 is 0 Å². The zero-order chi connectivity index (χ0) is 28.3. The zero-order valence-corrected chi connectivity index (χ0v) is 23.8. The number of rotatable bonds is 3. The molecule has 9 rings (SSSR count). The number of aromatic nitrogens is 3. The summed E-state index contributed by atoms with van der Waals surface area (Å²) in [6.07, 6.45) is 0. The van der Waals surface area contributed by atoms with Crippen LogP contribution in [-0.2, 0) is 0 Å². The summed E-state index contributed by atoms with van der Waals surface area (Å²) in [7, 11) is 0. The molecule has 3 heterocycles. The topological polar surface area (TPSA) is 38.7 Å². The standard InChI is InChI=1S/C39H23N3S/c1-3-11-24(12-4-1)36-30-21-20-27-31-23-26(19-22-34(31)43-38(27)35(30)28-15-7-9-17-32(28)40-36)37-29-16-8-10-18-33(29)41-39(42-37)25-13-5-2-6-14-25/h1-23H. The second-order valence-electron chi connectivity index (χ2n) is 10.8. The Morgan fingerprint density at radius 1 is 0.395 bits per heavy atom. The van der Waals surface area contributed by atoms with Gasteiger partial charge in [-0.3, -0.25) is 0 Å². The number of benzene rings is 6. The van der Waals surface area contributed by atoms with Crippen molar-refractivity contribution in [3.05, 3.63) is 140 Å². The summed E-state index contributed by atoms with van der Waals surface area (Å²) < 4.78 is 2.55. The lowest BCUT2D eigenvalue weighted by atomic mass is 9.97. The molecule has 0 N–H and O–H groups in total. The summed E-state index contributed by atoms with van der Waals surface area (Å²) in [5, 5.41) is 7.18. The predicted molar refractivity (Wildman–Crippen MR) is 182 cm³/mol. The van der Waals surface area contributed by atoms with Gasteiger partial charge in [-0.25, -0.2) is 15.0 Å². The lowest BCUT2D eigenvalue weighted by Crippen LogP contribution is -1.94. The number of thiophene rings is 1. The molecule has 0 saturated heterocycles. The molecule has 0 amide bonds. The van der Waals surface area contributed by atoms with Crippen molar-refractivity contribution in [2.24, 2.45) is 0 Å². The summed E-state index contributed by atoms with van der Waals surface area (Å²) >= 11 is 1.86. The van der Waals surface area contributed by atoms with E-state index in [4.69, 9.17) is 15.0 Å². The van der Waals surface area contributed by atoms with E-state index in [0.29, 0.717) is 0 Å². The molecule has 0 radical (unpaired) electrons. The Balaban J connectivity index is 1.33. The normalized spacial score (nSPS) is 11.7. The number of para-hydroxylation sites is 2.